The molecule has 0 unspecified atom stereocenters. The Balaban J connectivity index is 1.37. The minimum Gasteiger partial charge on any atom is -0.454 e. The number of nitrogens with one attached hydrogen (secondary N) is 2. The van der Waals surface area contributed by atoms with Crippen LogP contribution in [-0.4, -0.2) is 20.3 Å². The smallest absolute Gasteiger partial charge is 0.231 e. The van der Waals surface area contributed by atoms with Gasteiger partial charge in [-0.3, -0.25) is 0 Å². The standard InChI is InChI=1S/C15H14N2O4/c1-3-12-14(20-8-18-12)5-10(1)16-7-17-11-2-4-13-15(6-11)21-9-19-13/h1-6,16-17H,7-9H2. The van der Waals surface area contributed by atoms with Crippen LogP contribution in [0.5, 0.6) is 23.0 Å². The van der Waals surface area contributed by atoms with Gasteiger partial charge in [0.1, 0.15) is 0 Å². The van der Waals surface area contributed by atoms with E-state index >= 15 is 0 Å². The van der Waals surface area contributed by atoms with Gasteiger partial charge in [0.05, 0.1) is 6.67 Å². The van der Waals surface area contributed by atoms with Crippen molar-refractivity contribution in [3.05, 3.63) is 36.4 Å². The molecular formula is C15H14N2O4. The molecule has 0 atom stereocenters. The summed E-state index contributed by atoms with van der Waals surface area (Å²) in [7, 11) is 0. The van der Waals surface area contributed by atoms with Crippen molar-refractivity contribution in [2.24, 2.45) is 0 Å². The molecule has 2 aliphatic heterocycles. The average Bonchev–Trinajstić information content (AvgIpc) is 3.14. The van der Waals surface area contributed by atoms with Crippen LogP contribution in [0, 0.1) is 0 Å². The van der Waals surface area contributed by atoms with Crippen molar-refractivity contribution in [2.75, 3.05) is 30.9 Å². The maximum Gasteiger partial charge on any atom is 0.231 e. The molecule has 0 amide bonds. The van der Waals surface area contributed by atoms with Crippen LogP contribution < -0.4 is 29.6 Å². The first-order valence-corrected chi connectivity index (χ1v) is 6.65. The SMILES string of the molecule is c1cc2c(cc1NCNc1ccc3c(c1)OCO3)OCO2. The molecule has 0 fully saturated rings. The quantitative estimate of drug-likeness (QED) is 0.843. The first-order valence-electron chi connectivity index (χ1n) is 6.65. The highest BCUT2D eigenvalue weighted by atomic mass is 16.7. The number of fused-ring (bicyclic) bond motifs is 2. The van der Waals surface area contributed by atoms with Gasteiger partial charge in [-0.05, 0) is 24.3 Å². The highest BCUT2D eigenvalue weighted by Crippen LogP contribution is 2.35. The summed E-state index contributed by atoms with van der Waals surface area (Å²) in [5.74, 6) is 3.10. The van der Waals surface area contributed by atoms with E-state index in [4.69, 9.17) is 18.9 Å². The minimum atomic E-state index is 0.286. The van der Waals surface area contributed by atoms with Crippen LogP contribution in [0.15, 0.2) is 36.4 Å². The molecule has 0 aromatic heterocycles. The van der Waals surface area contributed by atoms with Crippen molar-refractivity contribution in [3.8, 4) is 23.0 Å². The molecule has 0 aliphatic carbocycles. The summed E-state index contributed by atoms with van der Waals surface area (Å²) in [5.41, 5.74) is 1.93. The van der Waals surface area contributed by atoms with Crippen molar-refractivity contribution >= 4 is 11.4 Å². The Labute approximate surface area is 121 Å². The summed E-state index contributed by atoms with van der Waals surface area (Å²) in [4.78, 5) is 0. The van der Waals surface area contributed by atoms with Crippen molar-refractivity contribution in [1.29, 1.82) is 0 Å². The molecule has 2 aliphatic rings. The maximum atomic E-state index is 5.34. The molecule has 2 aromatic rings. The number of hydrogen-bond donors (Lipinski definition) is 2. The summed E-state index contributed by atoms with van der Waals surface area (Å²) in [6.07, 6.45) is 0. The zero-order valence-corrected chi connectivity index (χ0v) is 11.2. The van der Waals surface area contributed by atoms with Gasteiger partial charge in [-0.1, -0.05) is 0 Å². The summed E-state index contributed by atoms with van der Waals surface area (Å²) < 4.78 is 21.2. The van der Waals surface area contributed by atoms with Crippen LogP contribution in [0.25, 0.3) is 0 Å². The van der Waals surface area contributed by atoms with Crippen LogP contribution in [0.4, 0.5) is 11.4 Å². The Bertz CT molecular complexity index is 617. The van der Waals surface area contributed by atoms with Gasteiger partial charge in [0, 0.05) is 23.5 Å². The predicted molar refractivity (Wildman–Crippen MR) is 77.2 cm³/mol. The lowest BCUT2D eigenvalue weighted by atomic mass is 10.2. The van der Waals surface area contributed by atoms with Crippen molar-refractivity contribution in [3.63, 3.8) is 0 Å². The first kappa shape index (κ1) is 12.0. The van der Waals surface area contributed by atoms with E-state index in [-0.39, 0.29) is 13.6 Å². The maximum absolute atomic E-state index is 5.34. The van der Waals surface area contributed by atoms with Gasteiger partial charge in [-0.25, -0.2) is 0 Å². The Morgan fingerprint density at radius 2 is 1.14 bits per heavy atom. The van der Waals surface area contributed by atoms with Crippen LogP contribution in [-0.2, 0) is 0 Å². The van der Waals surface area contributed by atoms with Gasteiger partial charge >= 0.3 is 0 Å². The lowest BCUT2D eigenvalue weighted by Gasteiger charge is -2.10. The van der Waals surface area contributed by atoms with Crippen LogP contribution in [0.2, 0.25) is 0 Å². The topological polar surface area (TPSA) is 61.0 Å². The molecule has 6 nitrogen and oxygen atoms in total. The molecule has 0 spiro atoms. The van der Waals surface area contributed by atoms with E-state index < -0.39 is 0 Å². The van der Waals surface area contributed by atoms with E-state index in [1.807, 2.05) is 36.4 Å². The molecule has 0 saturated heterocycles. The molecule has 108 valence electrons. The third-order valence-electron chi connectivity index (χ3n) is 3.33. The fourth-order valence-corrected chi connectivity index (χ4v) is 2.26. The second-order valence-corrected chi connectivity index (χ2v) is 4.67. The zero-order chi connectivity index (χ0) is 14.1. The Morgan fingerprint density at radius 1 is 0.667 bits per heavy atom. The predicted octanol–water partition coefficient (Wildman–Crippen LogP) is 2.63. The molecule has 2 heterocycles. The van der Waals surface area contributed by atoms with E-state index in [2.05, 4.69) is 10.6 Å². The van der Waals surface area contributed by atoms with Crippen LogP contribution >= 0.6 is 0 Å². The van der Waals surface area contributed by atoms with Gasteiger partial charge in [0.2, 0.25) is 13.6 Å². The Hall–Kier alpha value is -2.76. The lowest BCUT2D eigenvalue weighted by Crippen LogP contribution is -2.11. The van der Waals surface area contributed by atoms with E-state index in [0.717, 1.165) is 34.4 Å². The van der Waals surface area contributed by atoms with E-state index in [1.54, 1.807) is 0 Å². The second kappa shape index (κ2) is 4.97. The number of hydrogen-bond acceptors (Lipinski definition) is 6. The number of anilines is 2. The fraction of sp³-hybridized carbons (Fsp3) is 0.200. The highest BCUT2D eigenvalue weighted by Gasteiger charge is 2.14. The molecule has 2 aromatic carbocycles. The number of rotatable bonds is 4. The molecule has 0 radical (unpaired) electrons. The van der Waals surface area contributed by atoms with Gasteiger partial charge in [-0.2, -0.15) is 0 Å². The van der Waals surface area contributed by atoms with Crippen LogP contribution in [0.1, 0.15) is 0 Å². The molecular weight excluding hydrogens is 272 g/mol. The molecule has 4 rings (SSSR count). The summed E-state index contributed by atoms with van der Waals surface area (Å²) >= 11 is 0. The lowest BCUT2D eigenvalue weighted by molar-refractivity contribution is 0.173. The van der Waals surface area contributed by atoms with Crippen LogP contribution in [0.3, 0.4) is 0 Å². The third-order valence-corrected chi connectivity index (χ3v) is 3.33. The molecule has 21 heavy (non-hydrogen) atoms. The van der Waals surface area contributed by atoms with E-state index in [0.29, 0.717) is 6.67 Å². The van der Waals surface area contributed by atoms with Gasteiger partial charge in [0.25, 0.3) is 0 Å². The first-order chi connectivity index (χ1) is 10.4. The van der Waals surface area contributed by atoms with Gasteiger partial charge in [-0.15, -0.1) is 0 Å². The third kappa shape index (κ3) is 2.35. The monoisotopic (exact) mass is 286 g/mol. The van der Waals surface area contributed by atoms with E-state index in [9.17, 15) is 0 Å². The Kier molecular flexibility index (Phi) is 2.85. The molecule has 0 bridgehead atoms. The zero-order valence-electron chi connectivity index (χ0n) is 11.2. The van der Waals surface area contributed by atoms with Crippen molar-refractivity contribution in [1.82, 2.24) is 0 Å². The van der Waals surface area contributed by atoms with Crippen molar-refractivity contribution < 1.29 is 18.9 Å². The second-order valence-electron chi connectivity index (χ2n) is 4.67. The van der Waals surface area contributed by atoms with Gasteiger partial charge < -0.3 is 29.6 Å². The summed E-state index contributed by atoms with van der Waals surface area (Å²) in [5, 5.41) is 6.54. The van der Waals surface area contributed by atoms with Crippen molar-refractivity contribution in [2.45, 2.75) is 0 Å². The summed E-state index contributed by atoms with van der Waals surface area (Å²) in [6.45, 7) is 1.15. The van der Waals surface area contributed by atoms with Gasteiger partial charge in [0.15, 0.2) is 23.0 Å². The fourth-order valence-electron chi connectivity index (χ4n) is 2.26. The molecule has 6 heteroatoms. The average molecular weight is 286 g/mol. The number of benzene rings is 2. The normalized spacial score (nSPS) is 14.1. The highest BCUT2D eigenvalue weighted by molar-refractivity contribution is 5.58. The Morgan fingerprint density at radius 3 is 1.67 bits per heavy atom. The molecule has 2 N–H and O–H groups in total. The number of ether oxygens (including phenoxy) is 4. The summed E-state index contributed by atoms with van der Waals surface area (Å²) in [6, 6.07) is 11.5. The van der Waals surface area contributed by atoms with E-state index in [1.165, 1.54) is 0 Å². The molecule has 0 saturated carbocycles. The minimum absolute atomic E-state index is 0.286. The largest absolute Gasteiger partial charge is 0.454 e.